The second-order valence-electron chi connectivity index (χ2n) is 4.29. The summed E-state index contributed by atoms with van der Waals surface area (Å²) >= 11 is 0. The predicted octanol–water partition coefficient (Wildman–Crippen LogP) is 3.10. The summed E-state index contributed by atoms with van der Waals surface area (Å²) < 4.78 is 5.76. The zero-order valence-corrected chi connectivity index (χ0v) is 9.26. The zero-order chi connectivity index (χ0) is 10.2. The molecule has 0 aromatic heterocycles. The van der Waals surface area contributed by atoms with Gasteiger partial charge >= 0.3 is 0 Å². The van der Waals surface area contributed by atoms with Gasteiger partial charge < -0.3 is 9.53 Å². The molecule has 0 atom stereocenters. The number of carbonyl (C=O) groups excluding carboxylic acids is 1. The van der Waals surface area contributed by atoms with Crippen LogP contribution in [-0.2, 0) is 9.53 Å². The van der Waals surface area contributed by atoms with Gasteiger partial charge in [0.2, 0.25) is 0 Å². The number of ether oxygens (including phenoxy) is 1. The van der Waals surface area contributed by atoms with Gasteiger partial charge in [0.25, 0.3) is 0 Å². The monoisotopic (exact) mass is 198 g/mol. The van der Waals surface area contributed by atoms with Crippen LogP contribution in [-0.4, -0.2) is 18.5 Å². The van der Waals surface area contributed by atoms with Gasteiger partial charge in [-0.25, -0.2) is 0 Å². The average molecular weight is 198 g/mol. The molecule has 0 amide bonds. The standard InChI is InChI=1S/C12H22O2/c1-11(13)7-6-10-14-12-8-4-2-3-5-9-12/h12H,2-10H2,1H3. The topological polar surface area (TPSA) is 26.3 Å². The molecule has 0 spiro atoms. The van der Waals surface area contributed by atoms with E-state index in [4.69, 9.17) is 4.74 Å². The van der Waals surface area contributed by atoms with Crippen molar-refractivity contribution < 1.29 is 9.53 Å². The van der Waals surface area contributed by atoms with Crippen LogP contribution in [0.1, 0.15) is 58.3 Å². The van der Waals surface area contributed by atoms with Gasteiger partial charge in [0.15, 0.2) is 0 Å². The molecule has 0 saturated heterocycles. The number of ketones is 1. The van der Waals surface area contributed by atoms with E-state index in [9.17, 15) is 4.79 Å². The van der Waals surface area contributed by atoms with Crippen molar-refractivity contribution in [2.75, 3.05) is 6.61 Å². The van der Waals surface area contributed by atoms with Gasteiger partial charge in [-0.15, -0.1) is 0 Å². The Morgan fingerprint density at radius 1 is 1.21 bits per heavy atom. The molecular formula is C12H22O2. The summed E-state index contributed by atoms with van der Waals surface area (Å²) in [5.74, 6) is 0.273. The minimum Gasteiger partial charge on any atom is -0.378 e. The van der Waals surface area contributed by atoms with E-state index in [2.05, 4.69) is 0 Å². The van der Waals surface area contributed by atoms with Crippen molar-refractivity contribution in [1.82, 2.24) is 0 Å². The number of hydrogen-bond donors (Lipinski definition) is 0. The molecule has 1 saturated carbocycles. The SMILES string of the molecule is CC(=O)CCCOC1CCCCCC1. The van der Waals surface area contributed by atoms with Gasteiger partial charge in [-0.05, 0) is 26.2 Å². The molecule has 1 aliphatic rings. The second kappa shape index (κ2) is 6.99. The van der Waals surface area contributed by atoms with Crippen molar-refractivity contribution in [2.24, 2.45) is 0 Å². The lowest BCUT2D eigenvalue weighted by molar-refractivity contribution is -0.117. The molecule has 1 rings (SSSR count). The summed E-state index contributed by atoms with van der Waals surface area (Å²) in [6.45, 7) is 2.41. The molecule has 0 radical (unpaired) electrons. The van der Waals surface area contributed by atoms with E-state index in [1.54, 1.807) is 6.92 Å². The van der Waals surface area contributed by atoms with Crippen molar-refractivity contribution in [2.45, 2.75) is 64.4 Å². The Morgan fingerprint density at radius 2 is 1.86 bits per heavy atom. The van der Waals surface area contributed by atoms with E-state index in [0.717, 1.165) is 13.0 Å². The maximum Gasteiger partial charge on any atom is 0.129 e. The summed E-state index contributed by atoms with van der Waals surface area (Å²) in [5.41, 5.74) is 0. The molecular weight excluding hydrogens is 176 g/mol. The molecule has 0 bridgehead atoms. The lowest BCUT2D eigenvalue weighted by Crippen LogP contribution is -2.12. The van der Waals surface area contributed by atoms with Crippen molar-refractivity contribution in [3.63, 3.8) is 0 Å². The van der Waals surface area contributed by atoms with Gasteiger partial charge in [-0.3, -0.25) is 0 Å². The maximum absolute atomic E-state index is 10.7. The normalized spacial score (nSPS) is 19.2. The molecule has 2 nitrogen and oxygen atoms in total. The highest BCUT2D eigenvalue weighted by Gasteiger charge is 2.11. The van der Waals surface area contributed by atoms with Crippen LogP contribution in [0.25, 0.3) is 0 Å². The Hall–Kier alpha value is -0.370. The third-order valence-corrected chi connectivity index (χ3v) is 2.83. The Balaban J connectivity index is 2.01. The minimum atomic E-state index is 0.273. The average Bonchev–Trinajstić information content (AvgIpc) is 2.40. The van der Waals surface area contributed by atoms with Crippen molar-refractivity contribution >= 4 is 5.78 Å². The highest BCUT2D eigenvalue weighted by molar-refractivity contribution is 5.75. The van der Waals surface area contributed by atoms with Crippen molar-refractivity contribution in [3.8, 4) is 0 Å². The smallest absolute Gasteiger partial charge is 0.129 e. The minimum absolute atomic E-state index is 0.273. The Morgan fingerprint density at radius 3 is 2.43 bits per heavy atom. The largest absolute Gasteiger partial charge is 0.378 e. The quantitative estimate of drug-likeness (QED) is 0.501. The van der Waals surface area contributed by atoms with Crippen molar-refractivity contribution in [3.05, 3.63) is 0 Å². The lowest BCUT2D eigenvalue weighted by Gasteiger charge is -2.14. The molecule has 0 aromatic rings. The van der Waals surface area contributed by atoms with E-state index in [-0.39, 0.29) is 5.78 Å². The van der Waals surface area contributed by atoms with Crippen LogP contribution in [0.4, 0.5) is 0 Å². The van der Waals surface area contributed by atoms with Crippen LogP contribution >= 0.6 is 0 Å². The van der Waals surface area contributed by atoms with Gasteiger partial charge in [0.1, 0.15) is 5.78 Å². The number of carbonyl (C=O) groups is 1. The lowest BCUT2D eigenvalue weighted by atomic mass is 10.1. The first-order valence-electron chi connectivity index (χ1n) is 5.90. The van der Waals surface area contributed by atoms with Crippen LogP contribution in [0.5, 0.6) is 0 Å². The number of hydrogen-bond acceptors (Lipinski definition) is 2. The number of Topliss-reactive ketones (excluding diaryl/α,β-unsaturated/α-hetero) is 1. The third kappa shape index (κ3) is 5.38. The van der Waals surface area contributed by atoms with E-state index >= 15 is 0 Å². The molecule has 1 aliphatic carbocycles. The molecule has 14 heavy (non-hydrogen) atoms. The summed E-state index contributed by atoms with van der Waals surface area (Å²) in [6, 6.07) is 0. The van der Waals surface area contributed by atoms with Crippen LogP contribution in [0, 0.1) is 0 Å². The fourth-order valence-electron chi connectivity index (χ4n) is 1.98. The van der Waals surface area contributed by atoms with E-state index < -0.39 is 0 Å². The fraction of sp³-hybridized carbons (Fsp3) is 0.917. The first-order valence-corrected chi connectivity index (χ1v) is 5.90. The summed E-state index contributed by atoms with van der Waals surface area (Å²) in [7, 11) is 0. The summed E-state index contributed by atoms with van der Waals surface area (Å²) in [5, 5.41) is 0. The number of rotatable bonds is 5. The second-order valence-corrected chi connectivity index (χ2v) is 4.29. The van der Waals surface area contributed by atoms with E-state index in [1.807, 2.05) is 0 Å². The summed E-state index contributed by atoms with van der Waals surface area (Å²) in [4.78, 5) is 10.7. The first kappa shape index (κ1) is 11.7. The molecule has 0 heterocycles. The Kier molecular flexibility index (Phi) is 5.85. The Bertz CT molecular complexity index is 158. The van der Waals surface area contributed by atoms with Crippen LogP contribution in [0.3, 0.4) is 0 Å². The fourth-order valence-corrected chi connectivity index (χ4v) is 1.98. The predicted molar refractivity (Wildman–Crippen MR) is 57.4 cm³/mol. The molecule has 82 valence electrons. The van der Waals surface area contributed by atoms with Crippen LogP contribution in [0.15, 0.2) is 0 Å². The van der Waals surface area contributed by atoms with Gasteiger partial charge in [-0.1, -0.05) is 25.7 Å². The van der Waals surface area contributed by atoms with Crippen molar-refractivity contribution in [1.29, 1.82) is 0 Å². The van der Waals surface area contributed by atoms with Gasteiger partial charge in [0, 0.05) is 13.0 Å². The molecule has 2 heteroatoms. The first-order chi connectivity index (χ1) is 6.79. The summed E-state index contributed by atoms with van der Waals surface area (Å²) in [6.07, 6.45) is 9.86. The molecule has 0 N–H and O–H groups in total. The van der Waals surface area contributed by atoms with Crippen LogP contribution < -0.4 is 0 Å². The van der Waals surface area contributed by atoms with Crippen LogP contribution in [0.2, 0.25) is 0 Å². The molecule has 0 unspecified atom stereocenters. The molecule has 0 aliphatic heterocycles. The Labute approximate surface area is 87.0 Å². The zero-order valence-electron chi connectivity index (χ0n) is 9.26. The van der Waals surface area contributed by atoms with E-state index in [0.29, 0.717) is 12.5 Å². The molecule has 0 aromatic carbocycles. The molecule has 1 fully saturated rings. The third-order valence-electron chi connectivity index (χ3n) is 2.83. The highest BCUT2D eigenvalue weighted by Crippen LogP contribution is 2.19. The maximum atomic E-state index is 10.7. The van der Waals surface area contributed by atoms with Gasteiger partial charge in [0.05, 0.1) is 6.10 Å². The van der Waals surface area contributed by atoms with Gasteiger partial charge in [-0.2, -0.15) is 0 Å². The highest BCUT2D eigenvalue weighted by atomic mass is 16.5. The van der Waals surface area contributed by atoms with E-state index in [1.165, 1.54) is 38.5 Å².